The van der Waals surface area contributed by atoms with Crippen LogP contribution in [0.15, 0.2) is 12.2 Å². The molecule has 0 atom stereocenters. The molecule has 0 aromatic rings. The first-order valence-corrected chi connectivity index (χ1v) is 4.01. The lowest BCUT2D eigenvalue weighted by Gasteiger charge is -1.86. The van der Waals surface area contributed by atoms with Crippen LogP contribution >= 0.6 is 0 Å². The fourth-order valence-corrected chi connectivity index (χ4v) is 0.678. The standard InChI is InChI=1S/C10H16/c1-3-5-7-9-10-8-6-4-2/h3,5H,4,6,8,10H2,1-2H3/b5-3+. The van der Waals surface area contributed by atoms with Gasteiger partial charge in [0.2, 0.25) is 0 Å². The van der Waals surface area contributed by atoms with E-state index in [1.165, 1.54) is 19.3 Å². The number of hydrogen-bond donors (Lipinski definition) is 0. The van der Waals surface area contributed by atoms with Gasteiger partial charge in [-0.15, -0.1) is 0 Å². The molecule has 0 aromatic heterocycles. The van der Waals surface area contributed by atoms with Gasteiger partial charge in [0.05, 0.1) is 0 Å². The minimum Gasteiger partial charge on any atom is -0.0985 e. The highest BCUT2D eigenvalue weighted by Gasteiger charge is 1.78. The predicted molar refractivity (Wildman–Crippen MR) is 46.7 cm³/mol. The Hall–Kier alpha value is -0.700. The SMILES string of the molecule is C/C=C/C#CCCCCC. The lowest BCUT2D eigenvalue weighted by molar-refractivity contribution is 0.737. The highest BCUT2D eigenvalue weighted by Crippen LogP contribution is 1.96. The summed E-state index contributed by atoms with van der Waals surface area (Å²) in [5.74, 6) is 6.05. The average molecular weight is 136 g/mol. The molecule has 0 aromatic carbocycles. The fraction of sp³-hybridized carbons (Fsp3) is 0.600. The molecule has 0 radical (unpaired) electrons. The lowest BCUT2D eigenvalue weighted by Crippen LogP contribution is -1.69. The third-order valence-electron chi connectivity index (χ3n) is 1.26. The Balaban J connectivity index is 3.12. The van der Waals surface area contributed by atoms with Gasteiger partial charge in [-0.25, -0.2) is 0 Å². The molecule has 0 bridgehead atoms. The van der Waals surface area contributed by atoms with Gasteiger partial charge < -0.3 is 0 Å². The van der Waals surface area contributed by atoms with Crippen molar-refractivity contribution in [2.75, 3.05) is 0 Å². The van der Waals surface area contributed by atoms with Crippen LogP contribution in [0.25, 0.3) is 0 Å². The normalized spacial score (nSPS) is 9.40. The second-order valence-corrected chi connectivity index (χ2v) is 2.28. The van der Waals surface area contributed by atoms with Gasteiger partial charge in [-0.05, 0) is 19.4 Å². The molecule has 0 spiro atoms. The topological polar surface area (TPSA) is 0 Å². The zero-order chi connectivity index (χ0) is 7.66. The van der Waals surface area contributed by atoms with Crippen molar-refractivity contribution in [3.8, 4) is 11.8 Å². The molecule has 0 aliphatic rings. The van der Waals surface area contributed by atoms with Crippen molar-refractivity contribution in [3.63, 3.8) is 0 Å². The number of rotatable bonds is 3. The third kappa shape index (κ3) is 7.30. The van der Waals surface area contributed by atoms with Crippen LogP contribution in [0.1, 0.15) is 39.5 Å². The second-order valence-electron chi connectivity index (χ2n) is 2.28. The summed E-state index contributed by atoms with van der Waals surface area (Å²) in [4.78, 5) is 0. The summed E-state index contributed by atoms with van der Waals surface area (Å²) >= 11 is 0. The largest absolute Gasteiger partial charge is 0.0985 e. The van der Waals surface area contributed by atoms with E-state index in [2.05, 4.69) is 18.8 Å². The highest BCUT2D eigenvalue weighted by molar-refractivity contribution is 5.14. The maximum Gasteiger partial charge on any atom is 0.00922 e. The van der Waals surface area contributed by atoms with Gasteiger partial charge in [0.25, 0.3) is 0 Å². The summed E-state index contributed by atoms with van der Waals surface area (Å²) in [6.07, 6.45) is 8.76. The molecular weight excluding hydrogens is 120 g/mol. The van der Waals surface area contributed by atoms with Gasteiger partial charge in [-0.1, -0.05) is 37.7 Å². The summed E-state index contributed by atoms with van der Waals surface area (Å²) < 4.78 is 0. The molecule has 0 unspecified atom stereocenters. The third-order valence-corrected chi connectivity index (χ3v) is 1.26. The molecule has 0 heterocycles. The van der Waals surface area contributed by atoms with E-state index in [1.807, 2.05) is 19.1 Å². The van der Waals surface area contributed by atoms with E-state index >= 15 is 0 Å². The first-order chi connectivity index (χ1) is 4.91. The van der Waals surface area contributed by atoms with Gasteiger partial charge in [-0.3, -0.25) is 0 Å². The molecular formula is C10H16. The maximum atomic E-state index is 3.08. The van der Waals surface area contributed by atoms with Crippen LogP contribution in [0.3, 0.4) is 0 Å². The molecule has 56 valence electrons. The van der Waals surface area contributed by atoms with E-state index in [4.69, 9.17) is 0 Å². The molecule has 0 aliphatic heterocycles. The highest BCUT2D eigenvalue weighted by atomic mass is 13.8. The molecule has 0 N–H and O–H groups in total. The van der Waals surface area contributed by atoms with Crippen molar-refractivity contribution in [2.45, 2.75) is 39.5 Å². The van der Waals surface area contributed by atoms with Gasteiger partial charge >= 0.3 is 0 Å². The Morgan fingerprint density at radius 2 is 2.10 bits per heavy atom. The second kappa shape index (κ2) is 8.30. The minimum atomic E-state index is 1.05. The van der Waals surface area contributed by atoms with Crippen LogP contribution < -0.4 is 0 Å². The molecule has 10 heavy (non-hydrogen) atoms. The van der Waals surface area contributed by atoms with Crippen LogP contribution in [-0.2, 0) is 0 Å². The Bertz CT molecular complexity index is 132. The first kappa shape index (κ1) is 9.30. The van der Waals surface area contributed by atoms with Crippen molar-refractivity contribution >= 4 is 0 Å². The van der Waals surface area contributed by atoms with Crippen molar-refractivity contribution in [2.24, 2.45) is 0 Å². The van der Waals surface area contributed by atoms with Crippen molar-refractivity contribution in [1.82, 2.24) is 0 Å². The Morgan fingerprint density at radius 1 is 1.30 bits per heavy atom. The molecule has 0 saturated heterocycles. The quantitative estimate of drug-likeness (QED) is 0.413. The van der Waals surface area contributed by atoms with Crippen LogP contribution in [0.2, 0.25) is 0 Å². The zero-order valence-corrected chi connectivity index (χ0v) is 6.98. The van der Waals surface area contributed by atoms with Gasteiger partial charge in [-0.2, -0.15) is 0 Å². The van der Waals surface area contributed by atoms with Gasteiger partial charge in [0.1, 0.15) is 0 Å². The number of allylic oxidation sites excluding steroid dienone is 2. The van der Waals surface area contributed by atoms with Crippen molar-refractivity contribution in [1.29, 1.82) is 0 Å². The average Bonchev–Trinajstić information content (AvgIpc) is 1.97. The van der Waals surface area contributed by atoms with E-state index in [0.29, 0.717) is 0 Å². The maximum absolute atomic E-state index is 3.08. The molecule has 0 rings (SSSR count). The van der Waals surface area contributed by atoms with E-state index in [0.717, 1.165) is 6.42 Å². The Labute approximate surface area is 64.3 Å². The van der Waals surface area contributed by atoms with E-state index < -0.39 is 0 Å². The molecule has 0 fully saturated rings. The predicted octanol–water partition coefficient (Wildman–Crippen LogP) is 3.15. The van der Waals surface area contributed by atoms with Crippen LogP contribution in [0.4, 0.5) is 0 Å². The minimum absolute atomic E-state index is 1.05. The lowest BCUT2D eigenvalue weighted by atomic mass is 10.2. The van der Waals surface area contributed by atoms with E-state index in [-0.39, 0.29) is 0 Å². The zero-order valence-electron chi connectivity index (χ0n) is 6.98. The summed E-state index contributed by atoms with van der Waals surface area (Å²) in [6, 6.07) is 0. The summed E-state index contributed by atoms with van der Waals surface area (Å²) in [7, 11) is 0. The molecule has 0 heteroatoms. The Morgan fingerprint density at radius 3 is 2.70 bits per heavy atom. The Kier molecular flexibility index (Phi) is 7.72. The van der Waals surface area contributed by atoms with Crippen LogP contribution in [0.5, 0.6) is 0 Å². The van der Waals surface area contributed by atoms with E-state index in [9.17, 15) is 0 Å². The number of unbranched alkanes of at least 4 members (excludes halogenated alkanes) is 3. The van der Waals surface area contributed by atoms with Crippen LogP contribution in [-0.4, -0.2) is 0 Å². The first-order valence-electron chi connectivity index (χ1n) is 4.01. The fourth-order valence-electron chi connectivity index (χ4n) is 0.678. The molecule has 0 saturated carbocycles. The van der Waals surface area contributed by atoms with Crippen molar-refractivity contribution < 1.29 is 0 Å². The summed E-state index contributed by atoms with van der Waals surface area (Å²) in [5, 5.41) is 0. The summed E-state index contributed by atoms with van der Waals surface area (Å²) in [6.45, 7) is 4.19. The molecule has 0 aliphatic carbocycles. The van der Waals surface area contributed by atoms with Gasteiger partial charge in [0.15, 0.2) is 0 Å². The van der Waals surface area contributed by atoms with Crippen LogP contribution in [0, 0.1) is 11.8 Å². The molecule has 0 nitrogen and oxygen atoms in total. The smallest absolute Gasteiger partial charge is 0.00922 e. The van der Waals surface area contributed by atoms with Gasteiger partial charge in [0, 0.05) is 6.42 Å². The van der Waals surface area contributed by atoms with E-state index in [1.54, 1.807) is 0 Å². The summed E-state index contributed by atoms with van der Waals surface area (Å²) in [5.41, 5.74) is 0. The van der Waals surface area contributed by atoms with Crippen molar-refractivity contribution in [3.05, 3.63) is 12.2 Å². The molecule has 0 amide bonds. The number of hydrogen-bond acceptors (Lipinski definition) is 0. The monoisotopic (exact) mass is 136 g/mol.